The van der Waals surface area contributed by atoms with Crippen LogP contribution in [0, 0.1) is 0 Å². The van der Waals surface area contributed by atoms with Crippen molar-refractivity contribution in [2.24, 2.45) is 0 Å². The average Bonchev–Trinajstić information content (AvgIpc) is 3.81. The van der Waals surface area contributed by atoms with Crippen LogP contribution in [0.15, 0.2) is 144 Å². The van der Waals surface area contributed by atoms with E-state index in [4.69, 9.17) is 14.4 Å². The van der Waals surface area contributed by atoms with Gasteiger partial charge in [-0.3, -0.25) is 4.57 Å². The van der Waals surface area contributed by atoms with E-state index in [9.17, 15) is 0 Å². The molecule has 0 aliphatic rings. The van der Waals surface area contributed by atoms with E-state index >= 15 is 0 Å². The van der Waals surface area contributed by atoms with Gasteiger partial charge in [0, 0.05) is 47.3 Å². The molecule has 4 aromatic heterocycles. The number of rotatable bonds is 2. The number of furan rings is 1. The molecule has 11 rings (SSSR count). The van der Waals surface area contributed by atoms with Crippen molar-refractivity contribution >= 4 is 96.9 Å². The Balaban J connectivity index is 1.28. The Morgan fingerprint density at radius 3 is 2.17 bits per heavy atom. The summed E-state index contributed by atoms with van der Waals surface area (Å²) in [5.41, 5.74) is 6.81. The summed E-state index contributed by atoms with van der Waals surface area (Å²) in [6, 6.07) is 49.2. The van der Waals surface area contributed by atoms with E-state index in [0.717, 1.165) is 65.9 Å². The van der Waals surface area contributed by atoms with Gasteiger partial charge < -0.3 is 4.42 Å². The van der Waals surface area contributed by atoms with Crippen molar-refractivity contribution in [2.45, 2.75) is 0 Å². The van der Waals surface area contributed by atoms with Gasteiger partial charge in [0.1, 0.15) is 11.2 Å². The molecule has 47 heavy (non-hydrogen) atoms. The fourth-order valence-corrected chi connectivity index (χ4v) is 8.80. The minimum atomic E-state index is 0.641. The van der Waals surface area contributed by atoms with Crippen LogP contribution in [-0.4, -0.2) is 14.5 Å². The minimum Gasteiger partial charge on any atom is -0.455 e. The quantitative estimate of drug-likeness (QED) is 0.194. The maximum atomic E-state index is 6.55. The average molecular weight is 618 g/mol. The third-order valence-corrected chi connectivity index (χ3v) is 10.8. The van der Waals surface area contributed by atoms with Crippen LogP contribution in [0.4, 0.5) is 0 Å². The fourth-order valence-electron chi connectivity index (χ4n) is 7.57. The number of hydrogen-bond donors (Lipinski definition) is 0. The highest BCUT2D eigenvalue weighted by Gasteiger charge is 2.22. The molecule has 7 aromatic carbocycles. The molecule has 0 atom stereocenters. The molecule has 0 aliphatic carbocycles. The molecule has 4 heterocycles. The standard InChI is InChI=1S/C42H23N3OS/c1-2-12-25-24(11-1)23-31(41-37(25)30-16-6-10-20-36(30)47-41)39-28-14-3-7-17-32(28)43-42(44-39)45-33-18-8-4-15-29(33)38-34(45)22-21-27-26-13-5-9-19-35(26)46-40(27)38/h1-23H. The maximum Gasteiger partial charge on any atom is 0.235 e. The SMILES string of the molecule is c1ccc2c(c1)cc(-c1nc(-n3c4ccccc4c4c5oc6ccccc6c5ccc43)nc3ccccc13)c1sc3ccccc3c12. The van der Waals surface area contributed by atoms with Crippen LogP contribution in [0.1, 0.15) is 0 Å². The Morgan fingerprint density at radius 2 is 1.26 bits per heavy atom. The zero-order valence-electron chi connectivity index (χ0n) is 24.9. The lowest BCUT2D eigenvalue weighted by Crippen LogP contribution is -2.03. The van der Waals surface area contributed by atoms with Gasteiger partial charge in [0.15, 0.2) is 0 Å². The van der Waals surface area contributed by atoms with Crippen molar-refractivity contribution in [1.29, 1.82) is 0 Å². The first-order valence-electron chi connectivity index (χ1n) is 15.8. The van der Waals surface area contributed by atoms with E-state index < -0.39 is 0 Å². The van der Waals surface area contributed by atoms with Gasteiger partial charge in [-0.25, -0.2) is 9.97 Å². The molecule has 4 nitrogen and oxygen atoms in total. The lowest BCUT2D eigenvalue weighted by molar-refractivity contribution is 0.673. The highest BCUT2D eigenvalue weighted by molar-refractivity contribution is 7.26. The highest BCUT2D eigenvalue weighted by atomic mass is 32.1. The zero-order chi connectivity index (χ0) is 30.6. The summed E-state index contributed by atoms with van der Waals surface area (Å²) in [6.07, 6.45) is 0. The number of nitrogens with zero attached hydrogens (tertiary/aromatic N) is 3. The molecule has 0 saturated heterocycles. The molecule has 0 unspecified atom stereocenters. The van der Waals surface area contributed by atoms with E-state index in [-0.39, 0.29) is 0 Å². The molecule has 218 valence electrons. The highest BCUT2D eigenvalue weighted by Crippen LogP contribution is 2.46. The Morgan fingerprint density at radius 1 is 0.532 bits per heavy atom. The first-order valence-corrected chi connectivity index (χ1v) is 16.6. The van der Waals surface area contributed by atoms with Crippen LogP contribution in [0.2, 0.25) is 0 Å². The number of benzene rings is 7. The van der Waals surface area contributed by atoms with Crippen molar-refractivity contribution in [3.63, 3.8) is 0 Å². The van der Waals surface area contributed by atoms with E-state index in [1.54, 1.807) is 0 Å². The van der Waals surface area contributed by atoms with Gasteiger partial charge in [0.05, 0.1) is 27.6 Å². The Labute approximate surface area is 271 Å². The van der Waals surface area contributed by atoms with Crippen molar-refractivity contribution in [2.75, 3.05) is 0 Å². The number of thiophene rings is 1. The lowest BCUT2D eigenvalue weighted by atomic mass is 9.97. The number of fused-ring (bicyclic) bond motifs is 13. The summed E-state index contributed by atoms with van der Waals surface area (Å²) in [4.78, 5) is 10.7. The summed E-state index contributed by atoms with van der Waals surface area (Å²) in [7, 11) is 0. The second-order valence-corrected chi connectivity index (χ2v) is 13.2. The molecule has 0 amide bonds. The third-order valence-electron chi connectivity index (χ3n) is 9.60. The molecule has 5 heteroatoms. The van der Waals surface area contributed by atoms with Crippen LogP contribution >= 0.6 is 11.3 Å². The summed E-state index contributed by atoms with van der Waals surface area (Å²) in [5, 5.41) is 10.5. The molecular weight excluding hydrogens is 595 g/mol. The first kappa shape index (κ1) is 25.2. The number of para-hydroxylation sites is 3. The number of aromatic nitrogens is 3. The molecule has 0 aliphatic heterocycles. The van der Waals surface area contributed by atoms with Crippen LogP contribution in [0.5, 0.6) is 0 Å². The Bertz CT molecular complexity index is 3090. The number of hydrogen-bond acceptors (Lipinski definition) is 4. The molecule has 0 bridgehead atoms. The summed E-state index contributed by atoms with van der Waals surface area (Å²) >= 11 is 1.84. The van der Waals surface area contributed by atoms with Crippen LogP contribution < -0.4 is 0 Å². The fraction of sp³-hybridized carbons (Fsp3) is 0. The predicted molar refractivity (Wildman–Crippen MR) is 197 cm³/mol. The van der Waals surface area contributed by atoms with Gasteiger partial charge >= 0.3 is 0 Å². The molecule has 0 spiro atoms. The maximum absolute atomic E-state index is 6.55. The molecule has 0 N–H and O–H groups in total. The monoisotopic (exact) mass is 617 g/mol. The second kappa shape index (κ2) is 9.25. The normalized spacial score (nSPS) is 12.3. The molecule has 0 radical (unpaired) electrons. The predicted octanol–water partition coefficient (Wildman–Crippen LogP) is 11.8. The third kappa shape index (κ3) is 3.41. The molecule has 0 fully saturated rings. The summed E-state index contributed by atoms with van der Waals surface area (Å²) in [5.74, 6) is 0.641. The van der Waals surface area contributed by atoms with Gasteiger partial charge in [-0.15, -0.1) is 11.3 Å². The van der Waals surface area contributed by atoms with Crippen LogP contribution in [0.25, 0.3) is 103 Å². The van der Waals surface area contributed by atoms with Crippen molar-refractivity contribution in [1.82, 2.24) is 14.5 Å². The van der Waals surface area contributed by atoms with Crippen molar-refractivity contribution < 1.29 is 4.42 Å². The molecular formula is C42H23N3OS. The van der Waals surface area contributed by atoms with Crippen molar-refractivity contribution in [3.8, 4) is 17.2 Å². The Kier molecular flexibility index (Phi) is 4.96. The zero-order valence-corrected chi connectivity index (χ0v) is 25.8. The topological polar surface area (TPSA) is 43.9 Å². The lowest BCUT2D eigenvalue weighted by Gasteiger charge is -2.13. The smallest absolute Gasteiger partial charge is 0.235 e. The molecule has 0 saturated carbocycles. The largest absolute Gasteiger partial charge is 0.455 e. The first-order chi connectivity index (χ1) is 23.3. The van der Waals surface area contributed by atoms with E-state index in [0.29, 0.717) is 5.95 Å². The van der Waals surface area contributed by atoms with Gasteiger partial charge in [0.2, 0.25) is 5.95 Å². The summed E-state index contributed by atoms with van der Waals surface area (Å²) < 4.78 is 11.3. The van der Waals surface area contributed by atoms with E-state index in [2.05, 4.69) is 132 Å². The Hall–Kier alpha value is -6.04. The van der Waals surface area contributed by atoms with Crippen LogP contribution in [0.3, 0.4) is 0 Å². The molecule has 11 aromatic rings. The van der Waals surface area contributed by atoms with Crippen molar-refractivity contribution in [3.05, 3.63) is 140 Å². The van der Waals surface area contributed by atoms with E-state index in [1.807, 2.05) is 23.5 Å². The minimum absolute atomic E-state index is 0.641. The van der Waals surface area contributed by atoms with Gasteiger partial charge in [-0.05, 0) is 53.2 Å². The van der Waals surface area contributed by atoms with E-state index in [1.165, 1.54) is 30.9 Å². The van der Waals surface area contributed by atoms with Gasteiger partial charge in [0.25, 0.3) is 0 Å². The second-order valence-electron chi connectivity index (χ2n) is 12.1. The summed E-state index contributed by atoms with van der Waals surface area (Å²) in [6.45, 7) is 0. The van der Waals surface area contributed by atoms with Gasteiger partial charge in [-0.1, -0.05) is 97.1 Å². The van der Waals surface area contributed by atoms with Crippen LogP contribution in [-0.2, 0) is 0 Å². The van der Waals surface area contributed by atoms with Gasteiger partial charge in [-0.2, -0.15) is 0 Å².